The van der Waals surface area contributed by atoms with Gasteiger partial charge in [-0.05, 0) is 36.6 Å². The predicted molar refractivity (Wildman–Crippen MR) is 62.6 cm³/mol. The van der Waals surface area contributed by atoms with Crippen LogP contribution in [0.5, 0.6) is 0 Å². The van der Waals surface area contributed by atoms with E-state index in [1.54, 1.807) is 12.1 Å². The molecule has 0 saturated heterocycles. The van der Waals surface area contributed by atoms with E-state index in [2.05, 4.69) is 0 Å². The first-order chi connectivity index (χ1) is 7.72. The summed E-state index contributed by atoms with van der Waals surface area (Å²) in [7, 11) is 0. The lowest BCUT2D eigenvalue weighted by Gasteiger charge is -2.04. The Morgan fingerprint density at radius 1 is 1.38 bits per heavy atom. The molecule has 1 aromatic carbocycles. The van der Waals surface area contributed by atoms with Crippen molar-refractivity contribution >= 4 is 16.9 Å². The Hall–Kier alpha value is -1.81. The highest BCUT2D eigenvalue weighted by atomic mass is 16.4. The van der Waals surface area contributed by atoms with Gasteiger partial charge >= 0.3 is 5.97 Å². The number of rotatable bonds is 4. The van der Waals surface area contributed by atoms with E-state index < -0.39 is 5.97 Å². The Morgan fingerprint density at radius 3 is 2.88 bits per heavy atom. The van der Waals surface area contributed by atoms with Gasteiger partial charge in [0.25, 0.3) is 0 Å². The molecule has 0 bridgehead atoms. The molecule has 84 valence electrons. The maximum absolute atomic E-state index is 10.9. The number of nitrogens with zero attached hydrogens (tertiary/aromatic N) is 1. The van der Waals surface area contributed by atoms with Gasteiger partial charge in [-0.3, -0.25) is 0 Å². The second-order valence-electron chi connectivity index (χ2n) is 3.73. The molecule has 4 nitrogen and oxygen atoms in total. The lowest BCUT2D eigenvalue weighted by Crippen LogP contribution is -2.05. The molecule has 16 heavy (non-hydrogen) atoms. The number of aromatic nitrogens is 1. The second-order valence-corrected chi connectivity index (χ2v) is 3.73. The Kier molecular flexibility index (Phi) is 2.92. The minimum Gasteiger partial charge on any atom is -0.478 e. The van der Waals surface area contributed by atoms with Gasteiger partial charge in [0, 0.05) is 18.3 Å². The van der Waals surface area contributed by atoms with Gasteiger partial charge in [0.15, 0.2) is 0 Å². The van der Waals surface area contributed by atoms with Crippen molar-refractivity contribution < 1.29 is 9.90 Å². The fraction of sp³-hybridized carbons (Fsp3) is 0.250. The van der Waals surface area contributed by atoms with Gasteiger partial charge in [0.1, 0.15) is 0 Å². The summed E-state index contributed by atoms with van der Waals surface area (Å²) in [4.78, 5) is 10.9. The molecular formula is C12H14N2O2. The lowest BCUT2D eigenvalue weighted by molar-refractivity contribution is 0.0697. The fourth-order valence-electron chi connectivity index (χ4n) is 1.77. The van der Waals surface area contributed by atoms with E-state index in [1.165, 1.54) is 0 Å². The summed E-state index contributed by atoms with van der Waals surface area (Å²) in [6.45, 7) is 1.46. The Labute approximate surface area is 93.3 Å². The smallest absolute Gasteiger partial charge is 0.335 e. The van der Waals surface area contributed by atoms with Crippen molar-refractivity contribution in [2.45, 2.75) is 13.0 Å². The summed E-state index contributed by atoms with van der Waals surface area (Å²) in [5, 5.41) is 9.98. The molecule has 0 aliphatic heterocycles. The Balaban J connectivity index is 2.43. The molecule has 1 aromatic heterocycles. The van der Waals surface area contributed by atoms with Gasteiger partial charge in [0.05, 0.1) is 5.56 Å². The van der Waals surface area contributed by atoms with Crippen molar-refractivity contribution in [3.05, 3.63) is 36.0 Å². The van der Waals surface area contributed by atoms with Crippen molar-refractivity contribution in [3.63, 3.8) is 0 Å². The summed E-state index contributed by atoms with van der Waals surface area (Å²) >= 11 is 0. The number of carboxylic acid groups (broad SMARTS) is 1. The number of hydrogen-bond donors (Lipinski definition) is 2. The van der Waals surface area contributed by atoms with Crippen LogP contribution in [0.2, 0.25) is 0 Å². The summed E-state index contributed by atoms with van der Waals surface area (Å²) in [5.74, 6) is -0.895. The van der Waals surface area contributed by atoms with E-state index in [0.29, 0.717) is 12.1 Å². The van der Waals surface area contributed by atoms with Gasteiger partial charge in [-0.25, -0.2) is 4.79 Å². The molecule has 0 radical (unpaired) electrons. The van der Waals surface area contributed by atoms with E-state index in [0.717, 1.165) is 23.9 Å². The number of aryl methyl sites for hydroxylation is 1. The molecule has 0 fully saturated rings. The number of fused-ring (bicyclic) bond motifs is 1. The zero-order valence-corrected chi connectivity index (χ0v) is 8.89. The molecule has 2 aromatic rings. The van der Waals surface area contributed by atoms with Crippen LogP contribution in [-0.4, -0.2) is 22.2 Å². The van der Waals surface area contributed by atoms with Crippen LogP contribution in [0.3, 0.4) is 0 Å². The number of benzene rings is 1. The van der Waals surface area contributed by atoms with Gasteiger partial charge in [0.2, 0.25) is 0 Å². The minimum atomic E-state index is -0.895. The topological polar surface area (TPSA) is 68.2 Å². The first-order valence-corrected chi connectivity index (χ1v) is 5.24. The first-order valence-electron chi connectivity index (χ1n) is 5.24. The molecular weight excluding hydrogens is 204 g/mol. The van der Waals surface area contributed by atoms with Crippen LogP contribution in [0, 0.1) is 0 Å². The van der Waals surface area contributed by atoms with E-state index in [-0.39, 0.29) is 0 Å². The van der Waals surface area contributed by atoms with Crippen LogP contribution in [0.4, 0.5) is 0 Å². The highest BCUT2D eigenvalue weighted by Gasteiger charge is 2.06. The first kappa shape index (κ1) is 10.7. The van der Waals surface area contributed by atoms with Crippen molar-refractivity contribution in [1.82, 2.24) is 4.57 Å². The van der Waals surface area contributed by atoms with Gasteiger partial charge in [-0.1, -0.05) is 6.07 Å². The number of carboxylic acids is 1. The lowest BCUT2D eigenvalue weighted by atomic mass is 10.1. The molecule has 4 heteroatoms. The highest BCUT2D eigenvalue weighted by molar-refractivity contribution is 5.93. The van der Waals surface area contributed by atoms with Crippen molar-refractivity contribution in [3.8, 4) is 0 Å². The molecule has 0 aliphatic rings. The third-order valence-corrected chi connectivity index (χ3v) is 2.62. The number of carbonyl (C=O) groups is 1. The van der Waals surface area contributed by atoms with E-state index in [1.807, 2.05) is 22.9 Å². The number of aromatic carboxylic acids is 1. The maximum Gasteiger partial charge on any atom is 0.335 e. The van der Waals surface area contributed by atoms with E-state index >= 15 is 0 Å². The number of nitrogens with two attached hydrogens (primary N) is 1. The standard InChI is InChI=1S/C12H14N2O2/c13-5-1-6-14-7-4-9-2-3-10(12(15)16)8-11(9)14/h2-4,7-8H,1,5-6,13H2,(H,15,16). The van der Waals surface area contributed by atoms with Gasteiger partial charge < -0.3 is 15.4 Å². The highest BCUT2D eigenvalue weighted by Crippen LogP contribution is 2.18. The quantitative estimate of drug-likeness (QED) is 0.820. The molecule has 0 spiro atoms. The van der Waals surface area contributed by atoms with Crippen molar-refractivity contribution in [2.75, 3.05) is 6.54 Å². The van der Waals surface area contributed by atoms with Crippen LogP contribution in [-0.2, 0) is 6.54 Å². The summed E-state index contributed by atoms with van der Waals surface area (Å²) < 4.78 is 2.04. The predicted octanol–water partition coefficient (Wildman–Crippen LogP) is 1.69. The molecule has 0 aliphatic carbocycles. The van der Waals surface area contributed by atoms with Gasteiger partial charge in [-0.15, -0.1) is 0 Å². The monoisotopic (exact) mass is 218 g/mol. The molecule has 0 unspecified atom stereocenters. The zero-order chi connectivity index (χ0) is 11.5. The normalized spacial score (nSPS) is 10.8. The van der Waals surface area contributed by atoms with Crippen LogP contribution < -0.4 is 5.73 Å². The summed E-state index contributed by atoms with van der Waals surface area (Å²) in [5.41, 5.74) is 6.73. The van der Waals surface area contributed by atoms with Crippen LogP contribution in [0.25, 0.3) is 10.9 Å². The average molecular weight is 218 g/mol. The third-order valence-electron chi connectivity index (χ3n) is 2.62. The SMILES string of the molecule is NCCCn1ccc2ccc(C(=O)O)cc21. The molecule has 3 N–H and O–H groups in total. The Morgan fingerprint density at radius 2 is 2.19 bits per heavy atom. The third kappa shape index (κ3) is 1.92. The van der Waals surface area contributed by atoms with Crippen LogP contribution in [0.15, 0.2) is 30.5 Å². The summed E-state index contributed by atoms with van der Waals surface area (Å²) in [6, 6.07) is 7.14. The van der Waals surface area contributed by atoms with Crippen LogP contribution >= 0.6 is 0 Å². The fourth-order valence-corrected chi connectivity index (χ4v) is 1.77. The largest absolute Gasteiger partial charge is 0.478 e. The van der Waals surface area contributed by atoms with Crippen molar-refractivity contribution in [1.29, 1.82) is 0 Å². The van der Waals surface area contributed by atoms with E-state index in [9.17, 15) is 4.79 Å². The Bertz CT molecular complexity index is 517. The maximum atomic E-state index is 10.9. The van der Waals surface area contributed by atoms with E-state index in [4.69, 9.17) is 10.8 Å². The second kappa shape index (κ2) is 4.37. The van der Waals surface area contributed by atoms with Crippen molar-refractivity contribution in [2.24, 2.45) is 5.73 Å². The zero-order valence-electron chi connectivity index (χ0n) is 8.89. The molecule has 1 heterocycles. The summed E-state index contributed by atoms with van der Waals surface area (Å²) in [6.07, 6.45) is 2.85. The minimum absolute atomic E-state index is 0.320. The number of hydrogen-bond acceptors (Lipinski definition) is 2. The molecule has 0 amide bonds. The van der Waals surface area contributed by atoms with Crippen LogP contribution in [0.1, 0.15) is 16.8 Å². The molecule has 2 rings (SSSR count). The van der Waals surface area contributed by atoms with Gasteiger partial charge in [-0.2, -0.15) is 0 Å². The average Bonchev–Trinajstić information content (AvgIpc) is 2.68. The molecule has 0 atom stereocenters. The molecule has 0 saturated carbocycles.